The highest BCUT2D eigenvalue weighted by molar-refractivity contribution is 6.23. The zero-order valence-electron chi connectivity index (χ0n) is 16.5. The molecule has 2 aromatic rings. The zero-order valence-corrected chi connectivity index (χ0v) is 16.5. The molecule has 1 heterocycles. The van der Waals surface area contributed by atoms with Crippen LogP contribution < -0.4 is 14.4 Å². The van der Waals surface area contributed by atoms with Crippen LogP contribution >= 0.6 is 0 Å². The van der Waals surface area contributed by atoms with Crippen molar-refractivity contribution in [1.82, 2.24) is 0 Å². The van der Waals surface area contributed by atoms with Gasteiger partial charge in [0, 0.05) is 16.9 Å². The normalized spacial score (nSPS) is 15.1. The number of esters is 1. The number of carbonyl (C=O) groups excluding carboxylic acids is 2. The molecule has 0 spiro atoms. The molecular formula is C22H20FNO5. The van der Waals surface area contributed by atoms with Crippen LogP contribution in [0.25, 0.3) is 6.08 Å². The van der Waals surface area contributed by atoms with Crippen molar-refractivity contribution in [2.45, 2.75) is 6.92 Å². The van der Waals surface area contributed by atoms with Gasteiger partial charge in [-0.05, 0) is 55.5 Å². The summed E-state index contributed by atoms with van der Waals surface area (Å²) in [5.41, 5.74) is 1.67. The molecule has 0 aliphatic carbocycles. The van der Waals surface area contributed by atoms with E-state index in [2.05, 4.69) is 0 Å². The first-order valence-corrected chi connectivity index (χ1v) is 8.74. The Labute approximate surface area is 167 Å². The molecule has 7 heteroatoms. The van der Waals surface area contributed by atoms with Gasteiger partial charge in [0.15, 0.2) is 0 Å². The SMILES string of the molecule is COC(=O)C1=C(C)N(c2ccc(F)cc2)C(=O)/C1=C\c1cc(OC)ccc1OC. The van der Waals surface area contributed by atoms with Crippen LogP contribution in [0.5, 0.6) is 11.5 Å². The minimum absolute atomic E-state index is 0.131. The molecule has 2 aromatic carbocycles. The number of carbonyl (C=O) groups is 2. The second kappa shape index (κ2) is 8.18. The fourth-order valence-electron chi connectivity index (χ4n) is 3.19. The van der Waals surface area contributed by atoms with E-state index in [-0.39, 0.29) is 11.1 Å². The molecule has 1 amide bonds. The summed E-state index contributed by atoms with van der Waals surface area (Å²) in [7, 11) is 4.28. The van der Waals surface area contributed by atoms with Crippen molar-refractivity contribution in [1.29, 1.82) is 0 Å². The van der Waals surface area contributed by atoms with E-state index >= 15 is 0 Å². The largest absolute Gasteiger partial charge is 0.497 e. The number of allylic oxidation sites excluding steroid dienone is 1. The topological polar surface area (TPSA) is 65.1 Å². The first-order valence-electron chi connectivity index (χ1n) is 8.74. The molecule has 0 unspecified atom stereocenters. The van der Waals surface area contributed by atoms with Crippen molar-refractivity contribution in [2.75, 3.05) is 26.2 Å². The number of rotatable bonds is 5. The molecule has 0 fully saturated rings. The van der Waals surface area contributed by atoms with Crippen molar-refractivity contribution < 1.29 is 28.2 Å². The molecule has 0 saturated carbocycles. The maximum absolute atomic E-state index is 13.3. The summed E-state index contributed by atoms with van der Waals surface area (Å²) in [6.45, 7) is 1.64. The highest BCUT2D eigenvalue weighted by atomic mass is 19.1. The van der Waals surface area contributed by atoms with Crippen molar-refractivity contribution in [3.05, 3.63) is 70.7 Å². The highest BCUT2D eigenvalue weighted by Crippen LogP contribution is 2.37. The second-order valence-corrected chi connectivity index (χ2v) is 6.23. The Morgan fingerprint density at radius 1 is 1.03 bits per heavy atom. The molecule has 1 aliphatic heterocycles. The molecule has 0 saturated heterocycles. The van der Waals surface area contributed by atoms with Crippen molar-refractivity contribution >= 4 is 23.6 Å². The third-order valence-corrected chi connectivity index (χ3v) is 4.61. The number of methoxy groups -OCH3 is 3. The zero-order chi connectivity index (χ0) is 21.1. The van der Waals surface area contributed by atoms with Gasteiger partial charge in [-0.1, -0.05) is 0 Å². The monoisotopic (exact) mass is 397 g/mol. The number of hydrogen-bond acceptors (Lipinski definition) is 5. The molecule has 29 heavy (non-hydrogen) atoms. The summed E-state index contributed by atoms with van der Waals surface area (Å²) >= 11 is 0. The van der Waals surface area contributed by atoms with E-state index < -0.39 is 17.7 Å². The van der Waals surface area contributed by atoms with E-state index in [1.54, 1.807) is 31.2 Å². The van der Waals surface area contributed by atoms with Crippen molar-refractivity contribution in [2.24, 2.45) is 0 Å². The van der Waals surface area contributed by atoms with E-state index in [4.69, 9.17) is 14.2 Å². The van der Waals surface area contributed by atoms with Gasteiger partial charge in [0.25, 0.3) is 5.91 Å². The number of anilines is 1. The van der Waals surface area contributed by atoms with E-state index in [0.29, 0.717) is 28.4 Å². The number of halogens is 1. The van der Waals surface area contributed by atoms with Crippen LogP contribution in [0.4, 0.5) is 10.1 Å². The van der Waals surface area contributed by atoms with Gasteiger partial charge < -0.3 is 14.2 Å². The van der Waals surface area contributed by atoms with Crippen LogP contribution in [0.1, 0.15) is 12.5 Å². The first kappa shape index (κ1) is 20.1. The predicted octanol–water partition coefficient (Wildman–Crippen LogP) is 3.72. The van der Waals surface area contributed by atoms with Crippen LogP contribution in [-0.4, -0.2) is 33.2 Å². The van der Waals surface area contributed by atoms with E-state index in [1.807, 2.05) is 0 Å². The molecule has 0 radical (unpaired) electrons. The molecule has 0 N–H and O–H groups in total. The number of hydrogen-bond donors (Lipinski definition) is 0. The lowest BCUT2D eigenvalue weighted by molar-refractivity contribution is -0.136. The van der Waals surface area contributed by atoms with Gasteiger partial charge in [0.1, 0.15) is 17.3 Å². The average Bonchev–Trinajstić information content (AvgIpc) is 2.97. The Kier molecular flexibility index (Phi) is 5.68. The Hall–Kier alpha value is -3.61. The molecule has 150 valence electrons. The van der Waals surface area contributed by atoms with Gasteiger partial charge in [-0.25, -0.2) is 9.18 Å². The molecule has 1 aliphatic rings. The number of ether oxygens (including phenoxy) is 3. The maximum Gasteiger partial charge on any atom is 0.340 e. The van der Waals surface area contributed by atoms with Crippen molar-refractivity contribution in [3.63, 3.8) is 0 Å². The summed E-state index contributed by atoms with van der Waals surface area (Å²) in [6, 6.07) is 10.6. The summed E-state index contributed by atoms with van der Waals surface area (Å²) < 4.78 is 28.8. The van der Waals surface area contributed by atoms with Crippen molar-refractivity contribution in [3.8, 4) is 11.5 Å². The lowest BCUT2D eigenvalue weighted by Gasteiger charge is -2.17. The van der Waals surface area contributed by atoms with Gasteiger partial charge >= 0.3 is 5.97 Å². The third-order valence-electron chi connectivity index (χ3n) is 4.61. The first-order chi connectivity index (χ1) is 13.9. The lowest BCUT2D eigenvalue weighted by atomic mass is 10.0. The highest BCUT2D eigenvalue weighted by Gasteiger charge is 2.38. The molecule has 3 rings (SSSR count). The number of benzene rings is 2. The van der Waals surface area contributed by atoms with Crippen LogP contribution in [-0.2, 0) is 14.3 Å². The standard InChI is InChI=1S/C22H20FNO5/c1-13-20(22(26)29-4)18(12-14-11-17(27-2)9-10-19(14)28-3)21(25)24(13)16-7-5-15(23)6-8-16/h5-12H,1-4H3/b18-12-. The average molecular weight is 397 g/mol. The Morgan fingerprint density at radius 2 is 1.72 bits per heavy atom. The van der Waals surface area contributed by atoms with E-state index in [0.717, 1.165) is 0 Å². The molecular weight excluding hydrogens is 377 g/mol. The Bertz CT molecular complexity index is 1020. The minimum Gasteiger partial charge on any atom is -0.497 e. The van der Waals surface area contributed by atoms with Crippen LogP contribution in [0, 0.1) is 5.82 Å². The summed E-state index contributed by atoms with van der Waals surface area (Å²) in [6.07, 6.45) is 1.56. The summed E-state index contributed by atoms with van der Waals surface area (Å²) in [5.74, 6) is -0.424. The van der Waals surface area contributed by atoms with Gasteiger partial charge in [0.2, 0.25) is 0 Å². The van der Waals surface area contributed by atoms with Gasteiger partial charge in [-0.3, -0.25) is 9.69 Å². The van der Waals surface area contributed by atoms with Crippen LogP contribution in [0.15, 0.2) is 59.3 Å². The van der Waals surface area contributed by atoms with E-state index in [9.17, 15) is 14.0 Å². The smallest absolute Gasteiger partial charge is 0.340 e. The van der Waals surface area contributed by atoms with Crippen LogP contribution in [0.2, 0.25) is 0 Å². The van der Waals surface area contributed by atoms with Crippen LogP contribution in [0.3, 0.4) is 0 Å². The van der Waals surface area contributed by atoms with Gasteiger partial charge in [0.05, 0.1) is 32.5 Å². The summed E-state index contributed by atoms with van der Waals surface area (Å²) in [4.78, 5) is 27.0. The van der Waals surface area contributed by atoms with Gasteiger partial charge in [-0.2, -0.15) is 0 Å². The Morgan fingerprint density at radius 3 is 2.31 bits per heavy atom. The fourth-order valence-corrected chi connectivity index (χ4v) is 3.19. The quantitative estimate of drug-likeness (QED) is 0.568. The lowest BCUT2D eigenvalue weighted by Crippen LogP contribution is -2.24. The Balaban J connectivity index is 2.17. The second-order valence-electron chi connectivity index (χ2n) is 6.23. The minimum atomic E-state index is -0.645. The van der Waals surface area contributed by atoms with E-state index in [1.165, 1.54) is 50.5 Å². The molecule has 6 nitrogen and oxygen atoms in total. The molecule has 0 atom stereocenters. The molecule has 0 aromatic heterocycles. The third kappa shape index (κ3) is 3.71. The predicted molar refractivity (Wildman–Crippen MR) is 106 cm³/mol. The van der Waals surface area contributed by atoms with Gasteiger partial charge in [-0.15, -0.1) is 0 Å². The maximum atomic E-state index is 13.3. The fraction of sp³-hybridized carbons (Fsp3) is 0.182. The summed E-state index contributed by atoms with van der Waals surface area (Å²) in [5, 5.41) is 0. The number of nitrogens with zero attached hydrogens (tertiary/aromatic N) is 1. The number of amides is 1. The molecule has 0 bridgehead atoms.